The molecule has 5 nitrogen and oxygen atoms in total. The lowest BCUT2D eigenvalue weighted by atomic mass is 10.2. The molecule has 8 heteroatoms. The molecule has 0 bridgehead atoms. The van der Waals surface area contributed by atoms with Gasteiger partial charge in [0.2, 0.25) is 0 Å². The van der Waals surface area contributed by atoms with Crippen LogP contribution in [-0.2, 0) is 27.8 Å². The molecule has 0 unspecified atom stereocenters. The lowest BCUT2D eigenvalue weighted by molar-refractivity contribution is 0.0342. The van der Waals surface area contributed by atoms with Crippen molar-refractivity contribution in [2.45, 2.75) is 31.8 Å². The van der Waals surface area contributed by atoms with Crippen LogP contribution in [0.3, 0.4) is 0 Å². The number of sulfonamides is 1. The first-order chi connectivity index (χ1) is 15.3. The van der Waals surface area contributed by atoms with Gasteiger partial charge in [-0.05, 0) is 66.8 Å². The number of hydrogen-bond acceptors (Lipinski definition) is 5. The second-order valence-corrected chi connectivity index (χ2v) is 11.3. The highest BCUT2D eigenvalue weighted by atomic mass is 35.5. The molecule has 2 heterocycles. The average Bonchev–Trinajstić information content (AvgIpc) is 3.20. The third-order valence-corrected chi connectivity index (χ3v) is 8.69. The van der Waals surface area contributed by atoms with E-state index in [2.05, 4.69) is 16.3 Å². The minimum Gasteiger partial charge on any atom is -0.379 e. The second-order valence-electron chi connectivity index (χ2n) is 8.07. The van der Waals surface area contributed by atoms with Crippen LogP contribution in [0.5, 0.6) is 0 Å². The lowest BCUT2D eigenvalue weighted by Gasteiger charge is -2.26. The normalized spacial score (nSPS) is 15.1. The summed E-state index contributed by atoms with van der Waals surface area (Å²) in [5.74, 6) is 0. The minimum atomic E-state index is -3.76. The summed E-state index contributed by atoms with van der Waals surface area (Å²) in [5.41, 5.74) is 3.57. The van der Waals surface area contributed by atoms with Gasteiger partial charge in [-0.3, -0.25) is 9.21 Å². The van der Waals surface area contributed by atoms with Gasteiger partial charge in [-0.1, -0.05) is 29.3 Å². The molecule has 1 saturated heterocycles. The zero-order valence-corrected chi connectivity index (χ0v) is 20.6. The van der Waals surface area contributed by atoms with Crippen LogP contribution in [0.2, 0.25) is 5.02 Å². The van der Waals surface area contributed by atoms with Gasteiger partial charge in [0.15, 0.2) is 0 Å². The Morgan fingerprint density at radius 3 is 2.47 bits per heavy atom. The van der Waals surface area contributed by atoms with Crippen molar-refractivity contribution >= 4 is 38.6 Å². The number of anilines is 1. The molecule has 3 aromatic rings. The quantitative estimate of drug-likeness (QED) is 0.454. The smallest absolute Gasteiger partial charge is 0.264 e. The molecule has 0 amide bonds. The lowest BCUT2D eigenvalue weighted by Crippen LogP contribution is -2.35. The summed E-state index contributed by atoms with van der Waals surface area (Å²) in [5, 5.41) is 2.69. The molecular formula is C24H27ClN2O3S2. The van der Waals surface area contributed by atoms with Crippen molar-refractivity contribution in [3.05, 3.63) is 80.5 Å². The molecule has 0 saturated carbocycles. The second kappa shape index (κ2) is 9.93. The molecule has 1 aromatic heterocycles. The number of morpholine rings is 1. The van der Waals surface area contributed by atoms with Crippen molar-refractivity contribution < 1.29 is 13.2 Å². The van der Waals surface area contributed by atoms with E-state index in [1.54, 1.807) is 41.7 Å². The van der Waals surface area contributed by atoms with Gasteiger partial charge in [-0.2, -0.15) is 0 Å². The average molecular weight is 491 g/mol. The van der Waals surface area contributed by atoms with E-state index in [9.17, 15) is 8.42 Å². The predicted octanol–water partition coefficient (Wildman–Crippen LogP) is 5.25. The third-order valence-electron chi connectivity index (χ3n) is 5.53. The van der Waals surface area contributed by atoms with Crippen molar-refractivity contribution in [2.24, 2.45) is 0 Å². The van der Waals surface area contributed by atoms with Gasteiger partial charge < -0.3 is 4.74 Å². The summed E-state index contributed by atoms with van der Waals surface area (Å²) in [6.07, 6.45) is 0. The highest BCUT2D eigenvalue weighted by Crippen LogP contribution is 2.30. The molecule has 0 spiro atoms. The Bertz CT molecular complexity index is 1170. The molecule has 1 aliphatic heterocycles. The number of aryl methyl sites for hydroxylation is 2. The van der Waals surface area contributed by atoms with E-state index < -0.39 is 10.0 Å². The van der Waals surface area contributed by atoms with Crippen molar-refractivity contribution in [1.29, 1.82) is 0 Å². The maximum atomic E-state index is 13.8. The summed E-state index contributed by atoms with van der Waals surface area (Å²) < 4.78 is 34.4. The number of nitrogens with zero attached hydrogens (tertiary/aromatic N) is 2. The Kier molecular flexibility index (Phi) is 7.22. The van der Waals surface area contributed by atoms with Crippen LogP contribution < -0.4 is 4.31 Å². The number of benzene rings is 2. The highest BCUT2D eigenvalue weighted by molar-refractivity contribution is 7.92. The van der Waals surface area contributed by atoms with Gasteiger partial charge in [0.05, 0.1) is 30.3 Å². The molecule has 170 valence electrons. The van der Waals surface area contributed by atoms with Crippen LogP contribution >= 0.6 is 22.9 Å². The Hall–Kier alpha value is -1.90. The van der Waals surface area contributed by atoms with E-state index in [1.165, 1.54) is 9.87 Å². The number of thiophene rings is 1. The van der Waals surface area contributed by atoms with Crippen LogP contribution in [-0.4, -0.2) is 39.6 Å². The Labute approximate surface area is 199 Å². The fraction of sp³-hybridized carbons (Fsp3) is 0.333. The number of halogens is 1. The Morgan fingerprint density at radius 2 is 1.78 bits per heavy atom. The van der Waals surface area contributed by atoms with E-state index in [0.717, 1.165) is 48.9 Å². The molecule has 0 radical (unpaired) electrons. The molecule has 2 aromatic carbocycles. The van der Waals surface area contributed by atoms with E-state index in [0.29, 0.717) is 15.6 Å². The van der Waals surface area contributed by atoms with Crippen LogP contribution in [0.1, 0.15) is 21.6 Å². The first kappa shape index (κ1) is 23.3. The maximum absolute atomic E-state index is 13.8. The van der Waals surface area contributed by atoms with Gasteiger partial charge in [-0.15, -0.1) is 11.3 Å². The molecule has 1 fully saturated rings. The van der Waals surface area contributed by atoms with Crippen molar-refractivity contribution in [3.8, 4) is 0 Å². The summed E-state index contributed by atoms with van der Waals surface area (Å²) in [4.78, 5) is 3.68. The summed E-state index contributed by atoms with van der Waals surface area (Å²) in [7, 11) is -3.76. The maximum Gasteiger partial charge on any atom is 0.264 e. The van der Waals surface area contributed by atoms with Crippen molar-refractivity contribution in [3.63, 3.8) is 0 Å². The largest absolute Gasteiger partial charge is 0.379 e. The van der Waals surface area contributed by atoms with Crippen molar-refractivity contribution in [1.82, 2.24) is 4.90 Å². The first-order valence-corrected chi connectivity index (χ1v) is 13.2. The van der Waals surface area contributed by atoms with Crippen LogP contribution in [0.4, 0.5) is 5.69 Å². The van der Waals surface area contributed by atoms with E-state index in [4.69, 9.17) is 16.3 Å². The predicted molar refractivity (Wildman–Crippen MR) is 131 cm³/mol. The number of hydrogen-bond donors (Lipinski definition) is 0. The SMILES string of the molecule is Cc1ccc(S(=O)(=O)N(Cc2cc(CN3CCOCC3)cs2)c2ccc(Cl)cc2)c(C)c1. The van der Waals surface area contributed by atoms with Gasteiger partial charge >= 0.3 is 0 Å². The van der Waals surface area contributed by atoms with E-state index in [1.807, 2.05) is 26.0 Å². The monoisotopic (exact) mass is 490 g/mol. The molecule has 4 rings (SSSR count). The minimum absolute atomic E-state index is 0.269. The fourth-order valence-corrected chi connectivity index (χ4v) is 6.61. The number of rotatable bonds is 7. The van der Waals surface area contributed by atoms with Gasteiger partial charge in [0, 0.05) is 29.5 Å². The van der Waals surface area contributed by atoms with Gasteiger partial charge in [-0.25, -0.2) is 8.42 Å². The van der Waals surface area contributed by atoms with Crippen LogP contribution in [0.15, 0.2) is 58.8 Å². The molecule has 0 atom stereocenters. The fourth-order valence-electron chi connectivity index (χ4n) is 3.88. The summed E-state index contributed by atoms with van der Waals surface area (Å²) >= 11 is 7.66. The molecule has 32 heavy (non-hydrogen) atoms. The Balaban J connectivity index is 1.64. The van der Waals surface area contributed by atoms with E-state index >= 15 is 0 Å². The molecule has 0 N–H and O–H groups in total. The van der Waals surface area contributed by atoms with Crippen LogP contribution in [0, 0.1) is 13.8 Å². The summed E-state index contributed by atoms with van der Waals surface area (Å²) in [6.45, 7) is 8.28. The highest BCUT2D eigenvalue weighted by Gasteiger charge is 2.27. The molecule has 0 aliphatic carbocycles. The van der Waals surface area contributed by atoms with Crippen molar-refractivity contribution in [2.75, 3.05) is 30.6 Å². The van der Waals surface area contributed by atoms with Crippen LogP contribution in [0.25, 0.3) is 0 Å². The van der Waals surface area contributed by atoms with Gasteiger partial charge in [0.1, 0.15) is 0 Å². The third kappa shape index (κ3) is 5.35. The Morgan fingerprint density at radius 1 is 1.06 bits per heavy atom. The van der Waals surface area contributed by atoms with Gasteiger partial charge in [0.25, 0.3) is 10.0 Å². The zero-order valence-electron chi connectivity index (χ0n) is 18.3. The topological polar surface area (TPSA) is 49.9 Å². The zero-order chi connectivity index (χ0) is 22.7. The number of ether oxygens (including phenoxy) is 1. The first-order valence-electron chi connectivity index (χ1n) is 10.5. The van der Waals surface area contributed by atoms with E-state index in [-0.39, 0.29) is 6.54 Å². The molecule has 1 aliphatic rings. The standard InChI is InChI=1S/C24H27ClN2O3S2/c1-18-3-8-24(19(2)13-18)32(28,29)27(22-6-4-21(25)5-7-22)16-23-14-20(17-31-23)15-26-9-11-30-12-10-26/h3-8,13-14,17H,9-12,15-16H2,1-2H3. The molecular weight excluding hydrogens is 464 g/mol. The summed E-state index contributed by atoms with van der Waals surface area (Å²) in [6, 6.07) is 14.5.